The van der Waals surface area contributed by atoms with E-state index in [9.17, 15) is 50.8 Å². The number of rotatable bonds is 9. The molecule has 9 N–H and O–H groups in total. The van der Waals surface area contributed by atoms with Crippen LogP contribution < -0.4 is 0 Å². The summed E-state index contributed by atoms with van der Waals surface area (Å²) in [6.45, 7) is 7.30. The lowest BCUT2D eigenvalue weighted by Gasteiger charge is -2.60. The molecule has 7 aliphatic rings. The number of fused-ring (bicyclic) bond motifs is 5. The first-order chi connectivity index (χ1) is 26.0. The second-order valence-electron chi connectivity index (χ2n) is 18.0. The average molecular weight is 783 g/mol. The second-order valence-corrected chi connectivity index (χ2v) is 18.0. The molecule has 0 aromatic rings. The summed E-state index contributed by atoms with van der Waals surface area (Å²) in [6, 6.07) is 0. The molecule has 0 aromatic carbocycles. The summed E-state index contributed by atoms with van der Waals surface area (Å²) < 4.78 is 29.0. The van der Waals surface area contributed by atoms with Crippen molar-refractivity contribution in [3.8, 4) is 0 Å². The molecule has 4 aliphatic carbocycles. The van der Waals surface area contributed by atoms with Gasteiger partial charge in [0.05, 0.1) is 37.6 Å². The molecule has 55 heavy (non-hydrogen) atoms. The van der Waals surface area contributed by atoms with E-state index in [4.69, 9.17) is 23.7 Å². The van der Waals surface area contributed by atoms with E-state index < -0.39 is 98.2 Å². The summed E-state index contributed by atoms with van der Waals surface area (Å²) in [5.74, 6) is 1.26. The molecule has 7 rings (SSSR count). The lowest BCUT2D eigenvalue weighted by Crippen LogP contribution is -2.62. The summed E-state index contributed by atoms with van der Waals surface area (Å²) >= 11 is 0. The molecule has 3 aliphatic heterocycles. The molecule has 20 atom stereocenters. The zero-order valence-electron chi connectivity index (χ0n) is 32.2. The average Bonchev–Trinajstić information content (AvgIpc) is 3.51. The zero-order chi connectivity index (χ0) is 39.7. The van der Waals surface area contributed by atoms with Crippen molar-refractivity contribution in [2.75, 3.05) is 19.8 Å². The minimum atomic E-state index is -1.68. The number of hydrogen-bond donors (Lipinski definition) is 9. The van der Waals surface area contributed by atoms with Crippen LogP contribution in [0, 0.1) is 40.4 Å². The summed E-state index contributed by atoms with van der Waals surface area (Å²) in [4.78, 5) is 12.7. The van der Waals surface area contributed by atoms with E-state index in [1.807, 2.05) is 6.92 Å². The van der Waals surface area contributed by atoms with Crippen LogP contribution in [-0.4, -0.2) is 151 Å². The smallest absolute Gasteiger partial charge is 0.336 e. The minimum Gasteiger partial charge on any atom is -0.458 e. The number of cyclic esters (lactones) is 1. The maximum absolute atomic E-state index is 12.7. The van der Waals surface area contributed by atoms with Crippen molar-refractivity contribution in [1.29, 1.82) is 0 Å². The van der Waals surface area contributed by atoms with E-state index in [0.29, 0.717) is 36.2 Å². The predicted molar refractivity (Wildman–Crippen MR) is 191 cm³/mol. The normalized spacial score (nSPS) is 50.7. The van der Waals surface area contributed by atoms with Crippen LogP contribution >= 0.6 is 0 Å². The molecule has 15 nitrogen and oxygen atoms in total. The molecule has 15 heteroatoms. The van der Waals surface area contributed by atoms with Crippen molar-refractivity contribution in [2.24, 2.45) is 40.4 Å². The minimum absolute atomic E-state index is 0.0672. The van der Waals surface area contributed by atoms with Gasteiger partial charge in [0.25, 0.3) is 0 Å². The van der Waals surface area contributed by atoms with Crippen LogP contribution in [0.3, 0.4) is 0 Å². The number of aliphatic hydroxyl groups excluding tert-OH is 9. The van der Waals surface area contributed by atoms with Gasteiger partial charge in [-0.2, -0.15) is 0 Å². The van der Waals surface area contributed by atoms with Gasteiger partial charge in [-0.15, -0.1) is 0 Å². The highest BCUT2D eigenvalue weighted by Gasteiger charge is 2.62. The molecule has 0 radical (unpaired) electrons. The van der Waals surface area contributed by atoms with Crippen molar-refractivity contribution in [1.82, 2.24) is 0 Å². The number of allylic oxidation sites excluding steroid dienone is 1. The quantitative estimate of drug-likeness (QED) is 0.109. The molecule has 5 fully saturated rings. The van der Waals surface area contributed by atoms with Gasteiger partial charge in [0, 0.05) is 18.3 Å². The molecular formula is C40H62O15. The van der Waals surface area contributed by atoms with Gasteiger partial charge < -0.3 is 69.6 Å². The van der Waals surface area contributed by atoms with Crippen LogP contribution in [0.15, 0.2) is 22.8 Å². The van der Waals surface area contributed by atoms with Crippen molar-refractivity contribution < 1.29 is 74.4 Å². The summed E-state index contributed by atoms with van der Waals surface area (Å²) in [6.07, 6.45) is -8.00. The number of aliphatic hydroxyl groups is 9. The standard InChI is InChI=1S/C40H62O15/c1-17-11-26(53-36(50)22(17)14-41)18(2)23-7-8-24-21-6-5-19-12-20(13-29(43)40(19,4)25(21)9-10-39(23,24)3)52-38-35(49)33(47)31(45)28(55-38)16-51-37-34(48)32(46)30(44)27(15-42)54-37/h5,18,20-21,23-35,37-38,41-49H,6-16H2,1-4H3/t18-,20+,21?,23?,24?,25?,26?,27+,28+,29-,30+,31+,32-,33-,34+,35+,37?,38+,39+,40-/m0/s1. The van der Waals surface area contributed by atoms with Crippen LogP contribution in [0.2, 0.25) is 0 Å². The Morgan fingerprint density at radius 3 is 2.20 bits per heavy atom. The molecule has 0 bridgehead atoms. The highest BCUT2D eigenvalue weighted by atomic mass is 16.7. The lowest BCUT2D eigenvalue weighted by molar-refractivity contribution is -0.337. The van der Waals surface area contributed by atoms with E-state index in [0.717, 1.165) is 43.3 Å². The fourth-order valence-corrected chi connectivity index (χ4v) is 12.0. The Bertz CT molecular complexity index is 1470. The monoisotopic (exact) mass is 782 g/mol. The Hall–Kier alpha value is -1.57. The summed E-state index contributed by atoms with van der Waals surface area (Å²) in [7, 11) is 0. The van der Waals surface area contributed by atoms with Crippen LogP contribution in [0.1, 0.15) is 79.1 Å². The summed E-state index contributed by atoms with van der Waals surface area (Å²) in [5, 5.41) is 94.0. The second kappa shape index (κ2) is 15.9. The topological polar surface area (TPSA) is 245 Å². The van der Waals surface area contributed by atoms with Crippen LogP contribution in [-0.2, 0) is 28.5 Å². The van der Waals surface area contributed by atoms with Gasteiger partial charge in [0.15, 0.2) is 12.6 Å². The number of ether oxygens (including phenoxy) is 5. The van der Waals surface area contributed by atoms with Gasteiger partial charge in [-0.3, -0.25) is 0 Å². The van der Waals surface area contributed by atoms with Crippen molar-refractivity contribution in [3.05, 3.63) is 22.8 Å². The fourth-order valence-electron chi connectivity index (χ4n) is 12.0. The SMILES string of the molecule is CC1=C(CO)C(=O)OC([C@@H](C)C2CCC3C4CC=C5C[C@@H](O[C@@H]6O[C@H](COC7O[C@H](CO)[C@@H](O)[C@H](O)[C@H]7O)[C@@H](O)[C@H](O)[C@H]6O)C[C@H](O)[C@]5(C)C4CC[C@@]32C)C1. The Morgan fingerprint density at radius 2 is 1.53 bits per heavy atom. The first-order valence-corrected chi connectivity index (χ1v) is 20.2. The van der Waals surface area contributed by atoms with Crippen LogP contribution in [0.25, 0.3) is 0 Å². The maximum Gasteiger partial charge on any atom is 0.336 e. The van der Waals surface area contributed by atoms with E-state index in [1.165, 1.54) is 0 Å². The maximum atomic E-state index is 12.7. The fraction of sp³-hybridized carbons (Fsp3) is 0.875. The van der Waals surface area contributed by atoms with E-state index in [1.54, 1.807) is 0 Å². The third kappa shape index (κ3) is 7.06. The zero-order valence-corrected chi connectivity index (χ0v) is 32.2. The number of carbonyl (C=O) groups excluding carboxylic acids is 1. The molecule has 3 saturated carbocycles. The lowest BCUT2D eigenvalue weighted by atomic mass is 9.46. The number of hydrogen-bond acceptors (Lipinski definition) is 15. The van der Waals surface area contributed by atoms with E-state index in [2.05, 4.69) is 26.8 Å². The molecule has 3 heterocycles. The van der Waals surface area contributed by atoms with Gasteiger partial charge in [0.2, 0.25) is 0 Å². The largest absolute Gasteiger partial charge is 0.458 e. The van der Waals surface area contributed by atoms with Gasteiger partial charge in [0.1, 0.15) is 54.9 Å². The first kappa shape index (κ1) is 41.6. The van der Waals surface area contributed by atoms with Gasteiger partial charge in [-0.25, -0.2) is 4.79 Å². The van der Waals surface area contributed by atoms with Crippen molar-refractivity contribution >= 4 is 5.97 Å². The van der Waals surface area contributed by atoms with Gasteiger partial charge in [-0.05, 0) is 80.5 Å². The third-order valence-electron chi connectivity index (χ3n) is 15.4. The Kier molecular flexibility index (Phi) is 12.0. The molecule has 0 spiro atoms. The van der Waals surface area contributed by atoms with Gasteiger partial charge >= 0.3 is 5.97 Å². The number of esters is 1. The Labute approximate surface area is 321 Å². The molecular weight excluding hydrogens is 720 g/mol. The third-order valence-corrected chi connectivity index (χ3v) is 15.4. The predicted octanol–water partition coefficient (Wildman–Crippen LogP) is -0.194. The van der Waals surface area contributed by atoms with E-state index >= 15 is 0 Å². The highest BCUT2D eigenvalue weighted by Crippen LogP contribution is 2.67. The van der Waals surface area contributed by atoms with Crippen LogP contribution in [0.5, 0.6) is 0 Å². The van der Waals surface area contributed by atoms with Crippen LogP contribution in [0.4, 0.5) is 0 Å². The van der Waals surface area contributed by atoms with Crippen molar-refractivity contribution in [2.45, 2.75) is 159 Å². The molecule has 0 amide bonds. The Morgan fingerprint density at radius 1 is 0.855 bits per heavy atom. The molecule has 2 saturated heterocycles. The molecule has 0 aromatic heterocycles. The molecule has 312 valence electrons. The highest BCUT2D eigenvalue weighted by molar-refractivity contribution is 5.90. The Balaban J connectivity index is 1.00. The van der Waals surface area contributed by atoms with Crippen molar-refractivity contribution in [3.63, 3.8) is 0 Å². The molecule has 6 unspecified atom stereocenters. The first-order valence-electron chi connectivity index (χ1n) is 20.2. The van der Waals surface area contributed by atoms with E-state index in [-0.39, 0.29) is 36.4 Å². The van der Waals surface area contributed by atoms with Gasteiger partial charge in [-0.1, -0.05) is 38.0 Å². The number of carbonyl (C=O) groups is 1. The summed E-state index contributed by atoms with van der Waals surface area (Å²) in [5.41, 5.74) is 1.98.